The first kappa shape index (κ1) is 22.5. The number of carbonyl (C=O) groups excluding carboxylic acids is 1. The van der Waals surface area contributed by atoms with Crippen molar-refractivity contribution in [2.75, 3.05) is 0 Å². The van der Waals surface area contributed by atoms with Gasteiger partial charge < -0.3 is 10.3 Å². The van der Waals surface area contributed by atoms with Gasteiger partial charge >= 0.3 is 0 Å². The second kappa shape index (κ2) is 8.79. The van der Waals surface area contributed by atoms with E-state index in [4.69, 9.17) is 0 Å². The molecule has 35 heavy (non-hydrogen) atoms. The molecule has 5 aromatic rings. The SMILES string of the molecule is CC(C)(C)c1ccc(C(=O)NCc2ccc(-c3ncnc4[nH]c(-c5cn[nH]c5)cc34)cc2F)cc1. The highest BCUT2D eigenvalue weighted by molar-refractivity contribution is 5.95. The Morgan fingerprint density at radius 1 is 1.03 bits per heavy atom. The molecule has 0 atom stereocenters. The Bertz CT molecular complexity index is 1500. The molecule has 3 N–H and O–H groups in total. The highest BCUT2D eigenvalue weighted by Crippen LogP contribution is 2.30. The van der Waals surface area contributed by atoms with E-state index >= 15 is 0 Å². The van der Waals surface area contributed by atoms with Crippen LogP contribution in [0.5, 0.6) is 0 Å². The number of benzene rings is 2. The zero-order chi connectivity index (χ0) is 24.6. The van der Waals surface area contributed by atoms with Gasteiger partial charge in [0, 0.05) is 40.4 Å². The molecule has 0 fully saturated rings. The maximum absolute atomic E-state index is 15.0. The van der Waals surface area contributed by atoms with Gasteiger partial charge in [-0.1, -0.05) is 45.0 Å². The third kappa shape index (κ3) is 4.55. The van der Waals surface area contributed by atoms with Crippen LogP contribution in [0.1, 0.15) is 42.3 Å². The molecule has 0 aliphatic rings. The molecule has 0 radical (unpaired) electrons. The smallest absolute Gasteiger partial charge is 0.251 e. The van der Waals surface area contributed by atoms with E-state index in [1.54, 1.807) is 36.7 Å². The van der Waals surface area contributed by atoms with Gasteiger partial charge in [0.2, 0.25) is 0 Å². The summed E-state index contributed by atoms with van der Waals surface area (Å²) in [4.78, 5) is 24.5. The monoisotopic (exact) mass is 468 g/mol. The van der Waals surface area contributed by atoms with E-state index in [1.165, 1.54) is 12.4 Å². The lowest BCUT2D eigenvalue weighted by atomic mass is 9.87. The van der Waals surface area contributed by atoms with Crippen LogP contribution in [-0.4, -0.2) is 31.1 Å². The van der Waals surface area contributed by atoms with Crippen LogP contribution >= 0.6 is 0 Å². The number of amides is 1. The molecule has 0 saturated heterocycles. The summed E-state index contributed by atoms with van der Waals surface area (Å²) in [7, 11) is 0. The number of nitrogens with one attached hydrogen (secondary N) is 3. The molecular weight excluding hydrogens is 443 g/mol. The van der Waals surface area contributed by atoms with Gasteiger partial charge in [-0.2, -0.15) is 5.10 Å². The summed E-state index contributed by atoms with van der Waals surface area (Å²) < 4.78 is 15.0. The third-order valence-electron chi connectivity index (χ3n) is 6.01. The zero-order valence-corrected chi connectivity index (χ0v) is 19.7. The lowest BCUT2D eigenvalue weighted by molar-refractivity contribution is 0.0950. The van der Waals surface area contributed by atoms with Gasteiger partial charge in [0.05, 0.1) is 17.6 Å². The van der Waals surface area contributed by atoms with E-state index in [2.05, 4.69) is 51.2 Å². The van der Waals surface area contributed by atoms with E-state index in [0.717, 1.165) is 22.2 Å². The molecule has 176 valence electrons. The highest BCUT2D eigenvalue weighted by atomic mass is 19.1. The molecule has 5 rings (SSSR count). The number of halogens is 1. The second-order valence-electron chi connectivity index (χ2n) is 9.47. The number of rotatable bonds is 5. The highest BCUT2D eigenvalue weighted by Gasteiger charge is 2.16. The van der Waals surface area contributed by atoms with Crippen molar-refractivity contribution in [3.8, 4) is 22.5 Å². The molecule has 0 aliphatic carbocycles. The summed E-state index contributed by atoms with van der Waals surface area (Å²) >= 11 is 0. The fourth-order valence-electron chi connectivity index (χ4n) is 3.96. The van der Waals surface area contributed by atoms with Gasteiger partial charge in [0.15, 0.2) is 0 Å². The minimum absolute atomic E-state index is 0.0103. The van der Waals surface area contributed by atoms with Gasteiger partial charge in [0.1, 0.15) is 17.8 Å². The first-order valence-electron chi connectivity index (χ1n) is 11.3. The molecule has 3 aromatic heterocycles. The van der Waals surface area contributed by atoms with Crippen LogP contribution in [0.4, 0.5) is 4.39 Å². The first-order valence-corrected chi connectivity index (χ1v) is 11.3. The Balaban J connectivity index is 1.34. The Kier molecular flexibility index (Phi) is 5.64. The van der Waals surface area contributed by atoms with E-state index in [9.17, 15) is 9.18 Å². The summed E-state index contributed by atoms with van der Waals surface area (Å²) in [6.45, 7) is 6.44. The van der Waals surface area contributed by atoms with Crippen LogP contribution in [0, 0.1) is 5.82 Å². The average molecular weight is 469 g/mol. The van der Waals surface area contributed by atoms with Crippen molar-refractivity contribution >= 4 is 16.9 Å². The van der Waals surface area contributed by atoms with Crippen molar-refractivity contribution in [1.29, 1.82) is 0 Å². The van der Waals surface area contributed by atoms with Crippen LogP contribution in [0.15, 0.2) is 67.3 Å². The Hall–Kier alpha value is -4.33. The molecule has 0 spiro atoms. The Morgan fingerprint density at radius 3 is 2.51 bits per heavy atom. The third-order valence-corrected chi connectivity index (χ3v) is 6.01. The van der Waals surface area contributed by atoms with E-state index < -0.39 is 5.82 Å². The van der Waals surface area contributed by atoms with E-state index in [-0.39, 0.29) is 17.9 Å². The normalized spacial score (nSPS) is 11.7. The van der Waals surface area contributed by atoms with Gasteiger partial charge in [-0.15, -0.1) is 0 Å². The van der Waals surface area contributed by atoms with Crippen LogP contribution in [0.25, 0.3) is 33.5 Å². The number of fused-ring (bicyclic) bond motifs is 1. The van der Waals surface area contributed by atoms with E-state index in [0.29, 0.717) is 28.0 Å². The number of H-pyrrole nitrogens is 2. The van der Waals surface area contributed by atoms with Crippen molar-refractivity contribution in [3.05, 3.63) is 89.8 Å². The number of hydrogen-bond donors (Lipinski definition) is 3. The molecule has 7 nitrogen and oxygen atoms in total. The predicted molar refractivity (Wildman–Crippen MR) is 133 cm³/mol. The minimum atomic E-state index is -0.414. The van der Waals surface area contributed by atoms with Gasteiger partial charge in [-0.05, 0) is 35.2 Å². The van der Waals surface area contributed by atoms with Gasteiger partial charge in [-0.3, -0.25) is 9.89 Å². The van der Waals surface area contributed by atoms with Crippen LogP contribution in [-0.2, 0) is 12.0 Å². The molecule has 0 saturated carbocycles. The number of carbonyl (C=O) groups is 1. The van der Waals surface area contributed by atoms with E-state index in [1.807, 2.05) is 18.2 Å². The molecule has 3 heterocycles. The fourth-order valence-corrected chi connectivity index (χ4v) is 3.96. The summed E-state index contributed by atoms with van der Waals surface area (Å²) in [6, 6.07) is 14.3. The summed E-state index contributed by atoms with van der Waals surface area (Å²) in [6.07, 6.45) is 4.93. The van der Waals surface area contributed by atoms with Crippen molar-refractivity contribution in [2.24, 2.45) is 0 Å². The van der Waals surface area contributed by atoms with Crippen molar-refractivity contribution in [3.63, 3.8) is 0 Å². The summed E-state index contributed by atoms with van der Waals surface area (Å²) in [5.74, 6) is -0.659. The summed E-state index contributed by atoms with van der Waals surface area (Å²) in [5.41, 5.74) is 5.72. The van der Waals surface area contributed by atoms with Crippen molar-refractivity contribution < 1.29 is 9.18 Å². The molecule has 0 unspecified atom stereocenters. The molecule has 1 amide bonds. The summed E-state index contributed by atoms with van der Waals surface area (Å²) in [5, 5.41) is 10.3. The Morgan fingerprint density at radius 2 is 1.83 bits per heavy atom. The molecule has 2 aromatic carbocycles. The van der Waals surface area contributed by atoms with Crippen LogP contribution in [0.2, 0.25) is 0 Å². The second-order valence-corrected chi connectivity index (χ2v) is 9.47. The average Bonchev–Trinajstić information content (AvgIpc) is 3.52. The molecule has 0 bridgehead atoms. The number of nitrogens with zero attached hydrogens (tertiary/aromatic N) is 3. The standard InChI is InChI=1S/C27H25FN6O/c1-27(2,3)20-8-6-16(7-9-20)26(35)29-12-18-5-4-17(10-22(18)28)24-21-11-23(19-13-32-33-14-19)34-25(21)31-15-30-24/h4-11,13-15H,12H2,1-3H3,(H,29,35)(H,32,33)(H,30,31,34). The van der Waals surface area contributed by atoms with Gasteiger partial charge in [0.25, 0.3) is 5.91 Å². The van der Waals surface area contributed by atoms with Crippen molar-refractivity contribution in [1.82, 2.24) is 30.5 Å². The predicted octanol–water partition coefficient (Wildman–Crippen LogP) is 5.38. The maximum Gasteiger partial charge on any atom is 0.251 e. The lowest BCUT2D eigenvalue weighted by Crippen LogP contribution is -2.23. The first-order chi connectivity index (χ1) is 16.8. The van der Waals surface area contributed by atoms with Crippen molar-refractivity contribution in [2.45, 2.75) is 32.7 Å². The molecule has 0 aliphatic heterocycles. The number of aromatic nitrogens is 5. The van der Waals surface area contributed by atoms with Crippen LogP contribution < -0.4 is 5.32 Å². The quantitative estimate of drug-likeness (QED) is 0.322. The topological polar surface area (TPSA) is 99.3 Å². The minimum Gasteiger partial charge on any atom is -0.348 e. The Labute approximate surface area is 201 Å². The lowest BCUT2D eigenvalue weighted by Gasteiger charge is -2.19. The largest absolute Gasteiger partial charge is 0.348 e. The maximum atomic E-state index is 15.0. The molecule has 8 heteroatoms. The fraction of sp³-hybridized carbons (Fsp3) is 0.185. The molecular formula is C27H25FN6O. The number of aromatic amines is 2. The van der Waals surface area contributed by atoms with Gasteiger partial charge in [-0.25, -0.2) is 14.4 Å². The number of hydrogen-bond acceptors (Lipinski definition) is 4. The zero-order valence-electron chi connectivity index (χ0n) is 19.7. The van der Waals surface area contributed by atoms with Crippen LogP contribution in [0.3, 0.4) is 0 Å².